The van der Waals surface area contributed by atoms with Crippen LogP contribution in [0.25, 0.3) is 0 Å². The van der Waals surface area contributed by atoms with Gasteiger partial charge in [0.2, 0.25) is 5.79 Å². The van der Waals surface area contributed by atoms with E-state index in [1.54, 1.807) is 0 Å². The second-order valence-electron chi connectivity index (χ2n) is 11.8. The minimum absolute atomic E-state index is 0.193. The molecule has 0 radical (unpaired) electrons. The predicted octanol–water partition coefficient (Wildman–Crippen LogP) is 5.94. The first-order valence-electron chi connectivity index (χ1n) is 12.0. The van der Waals surface area contributed by atoms with Gasteiger partial charge in [0, 0.05) is 11.8 Å². The molecular weight excluding hydrogens is 348 g/mol. The van der Waals surface area contributed by atoms with Crippen LogP contribution in [-0.2, 0) is 9.53 Å². The van der Waals surface area contributed by atoms with Gasteiger partial charge in [-0.05, 0) is 73.0 Å². The zero-order chi connectivity index (χ0) is 20.3. The molecule has 0 bridgehead atoms. The van der Waals surface area contributed by atoms with E-state index in [2.05, 4.69) is 34.6 Å². The Balaban J connectivity index is 1.50. The van der Waals surface area contributed by atoms with Crippen LogP contribution < -0.4 is 0 Å². The Labute approximate surface area is 172 Å². The minimum atomic E-state index is -1.21. The van der Waals surface area contributed by atoms with Crippen LogP contribution in [0.3, 0.4) is 0 Å². The molecular formula is C25H42O3. The number of rotatable bonds is 5. The van der Waals surface area contributed by atoms with E-state index in [9.17, 15) is 9.90 Å². The number of fused-ring (bicyclic) bond motifs is 5. The maximum absolute atomic E-state index is 12.1. The van der Waals surface area contributed by atoms with Gasteiger partial charge >= 0.3 is 5.97 Å². The van der Waals surface area contributed by atoms with Gasteiger partial charge in [0.25, 0.3) is 0 Å². The highest BCUT2D eigenvalue weighted by Gasteiger charge is 2.68. The molecule has 0 amide bonds. The van der Waals surface area contributed by atoms with Gasteiger partial charge < -0.3 is 9.84 Å². The van der Waals surface area contributed by atoms with Crippen molar-refractivity contribution in [1.29, 1.82) is 0 Å². The molecule has 28 heavy (non-hydrogen) atoms. The normalized spacial score (nSPS) is 48.8. The molecule has 1 N–H and O–H groups in total. The summed E-state index contributed by atoms with van der Waals surface area (Å²) in [6.07, 6.45) is 11.3. The quantitative estimate of drug-likeness (QED) is 0.591. The van der Waals surface area contributed by atoms with Gasteiger partial charge in [-0.2, -0.15) is 0 Å². The summed E-state index contributed by atoms with van der Waals surface area (Å²) in [7, 11) is 0. The lowest BCUT2D eigenvalue weighted by Gasteiger charge is -2.58. The van der Waals surface area contributed by atoms with Crippen molar-refractivity contribution in [2.24, 2.45) is 46.3 Å². The highest BCUT2D eigenvalue weighted by Crippen LogP contribution is 2.69. The lowest BCUT2D eigenvalue weighted by molar-refractivity contribution is -0.269. The van der Waals surface area contributed by atoms with Crippen molar-refractivity contribution >= 4 is 5.97 Å². The number of carbonyl (C=O) groups excluding carboxylic acids is 1. The van der Waals surface area contributed by atoms with Crippen LogP contribution in [0, 0.1) is 46.3 Å². The third kappa shape index (κ3) is 2.97. The Morgan fingerprint density at radius 3 is 2.50 bits per heavy atom. The van der Waals surface area contributed by atoms with E-state index in [0.29, 0.717) is 30.1 Å². The summed E-state index contributed by atoms with van der Waals surface area (Å²) in [6.45, 7) is 11.9. The summed E-state index contributed by atoms with van der Waals surface area (Å²) >= 11 is 0. The molecule has 1 heterocycles. The van der Waals surface area contributed by atoms with Crippen LogP contribution in [0.2, 0.25) is 0 Å². The second kappa shape index (κ2) is 7.00. The number of ether oxygens (including phenoxy) is 1. The zero-order valence-electron chi connectivity index (χ0n) is 18.8. The molecule has 3 unspecified atom stereocenters. The van der Waals surface area contributed by atoms with Gasteiger partial charge in [-0.15, -0.1) is 0 Å². The summed E-state index contributed by atoms with van der Waals surface area (Å²) < 4.78 is 5.48. The number of aliphatic hydroxyl groups is 1. The average molecular weight is 391 g/mol. The van der Waals surface area contributed by atoms with E-state index in [-0.39, 0.29) is 11.4 Å². The molecule has 160 valence electrons. The van der Waals surface area contributed by atoms with Crippen LogP contribution in [0.1, 0.15) is 98.8 Å². The van der Waals surface area contributed by atoms with Crippen molar-refractivity contribution in [3.8, 4) is 0 Å². The molecule has 0 spiro atoms. The smallest absolute Gasteiger partial charge is 0.309 e. The molecule has 3 aliphatic carbocycles. The Morgan fingerprint density at radius 1 is 1.04 bits per heavy atom. The van der Waals surface area contributed by atoms with Crippen molar-refractivity contribution in [3.63, 3.8) is 0 Å². The molecule has 0 aromatic rings. The van der Waals surface area contributed by atoms with Crippen LogP contribution in [0.5, 0.6) is 0 Å². The Kier molecular flexibility index (Phi) is 5.17. The lowest BCUT2D eigenvalue weighted by Crippen LogP contribution is -2.58. The summed E-state index contributed by atoms with van der Waals surface area (Å²) in [5, 5.41) is 11.1. The highest BCUT2D eigenvalue weighted by atomic mass is 16.7. The lowest BCUT2D eigenvalue weighted by atomic mass is 9.47. The third-order valence-corrected chi connectivity index (χ3v) is 9.96. The average Bonchev–Trinajstić information content (AvgIpc) is 3.06. The van der Waals surface area contributed by atoms with Crippen molar-refractivity contribution in [2.45, 2.75) is 105 Å². The molecule has 1 aliphatic heterocycles. The molecule has 4 fully saturated rings. The topological polar surface area (TPSA) is 46.5 Å². The number of hydrogen-bond donors (Lipinski definition) is 1. The first kappa shape index (κ1) is 20.7. The van der Waals surface area contributed by atoms with Gasteiger partial charge in [0.15, 0.2) is 0 Å². The molecule has 3 saturated carbocycles. The largest absolute Gasteiger partial charge is 0.433 e. The number of esters is 1. The molecule has 4 aliphatic rings. The van der Waals surface area contributed by atoms with Gasteiger partial charge in [0.1, 0.15) is 0 Å². The molecule has 1 saturated heterocycles. The van der Waals surface area contributed by atoms with E-state index in [1.807, 2.05) is 0 Å². The number of hydrogen-bond acceptors (Lipinski definition) is 3. The molecule has 3 nitrogen and oxygen atoms in total. The number of carbonyl (C=O) groups is 1. The molecule has 4 rings (SSSR count). The van der Waals surface area contributed by atoms with Crippen molar-refractivity contribution in [2.75, 3.05) is 0 Å². The maximum atomic E-state index is 12.1. The maximum Gasteiger partial charge on any atom is 0.309 e. The minimum Gasteiger partial charge on any atom is -0.433 e. The fraction of sp³-hybridized carbons (Fsp3) is 0.960. The fourth-order valence-corrected chi connectivity index (χ4v) is 8.40. The Morgan fingerprint density at radius 2 is 1.79 bits per heavy atom. The van der Waals surface area contributed by atoms with Crippen LogP contribution >= 0.6 is 0 Å². The molecule has 3 heteroatoms. The van der Waals surface area contributed by atoms with Crippen molar-refractivity contribution in [3.05, 3.63) is 0 Å². The Hall–Kier alpha value is -0.570. The predicted molar refractivity (Wildman–Crippen MR) is 111 cm³/mol. The molecule has 0 aromatic heterocycles. The van der Waals surface area contributed by atoms with Crippen LogP contribution in [-0.4, -0.2) is 16.9 Å². The van der Waals surface area contributed by atoms with Gasteiger partial charge in [-0.25, -0.2) is 0 Å². The SMILES string of the molecule is CC(C)CCC[C@@H](C)[C@H]1CCC2C3CC[C@@]4(O)OC(=O)C[C@]4(C)C3CC[C@@]21C. The summed E-state index contributed by atoms with van der Waals surface area (Å²) in [6, 6.07) is 0. The van der Waals surface area contributed by atoms with E-state index < -0.39 is 5.79 Å². The van der Waals surface area contributed by atoms with Crippen LogP contribution in [0.4, 0.5) is 0 Å². The summed E-state index contributed by atoms with van der Waals surface area (Å²) in [5.74, 6) is 2.94. The highest BCUT2D eigenvalue weighted by molar-refractivity contribution is 5.73. The first-order chi connectivity index (χ1) is 13.1. The van der Waals surface area contributed by atoms with Crippen LogP contribution in [0.15, 0.2) is 0 Å². The fourth-order valence-electron chi connectivity index (χ4n) is 8.40. The summed E-state index contributed by atoms with van der Waals surface area (Å²) in [4.78, 5) is 12.1. The molecule has 0 aromatic carbocycles. The van der Waals surface area contributed by atoms with E-state index >= 15 is 0 Å². The standard InChI is InChI=1S/C25H42O3/c1-16(2)7-6-8-17(3)19-9-10-20-18-11-14-25(27)24(5,15-22(26)28-25)21(18)12-13-23(19,20)4/h16-21,27H,6-15H2,1-5H3/t17-,18?,19-,20?,21?,23-,24-,25-/m1/s1. The molecule has 8 atom stereocenters. The monoisotopic (exact) mass is 390 g/mol. The van der Waals surface area contributed by atoms with Crippen molar-refractivity contribution < 1.29 is 14.6 Å². The zero-order valence-corrected chi connectivity index (χ0v) is 18.8. The van der Waals surface area contributed by atoms with Crippen molar-refractivity contribution in [1.82, 2.24) is 0 Å². The Bertz CT molecular complexity index is 615. The van der Waals surface area contributed by atoms with Gasteiger partial charge in [-0.1, -0.05) is 53.9 Å². The van der Waals surface area contributed by atoms with E-state index in [0.717, 1.165) is 36.5 Å². The van der Waals surface area contributed by atoms with Gasteiger partial charge in [-0.3, -0.25) is 4.79 Å². The summed E-state index contributed by atoms with van der Waals surface area (Å²) in [5.41, 5.74) is 0.0724. The van der Waals surface area contributed by atoms with Gasteiger partial charge in [0.05, 0.1) is 6.42 Å². The second-order valence-corrected chi connectivity index (χ2v) is 11.8. The first-order valence-corrected chi connectivity index (χ1v) is 12.0. The van der Waals surface area contributed by atoms with E-state index in [4.69, 9.17) is 4.74 Å². The van der Waals surface area contributed by atoms with E-state index in [1.165, 1.54) is 38.5 Å². The third-order valence-electron chi connectivity index (χ3n) is 9.96.